The molecule has 40 heavy (non-hydrogen) atoms. The number of aromatic amines is 1. The number of rotatable bonds is 5. The van der Waals surface area contributed by atoms with Crippen LogP contribution in [0.5, 0.6) is 0 Å². The standard InChI is InChI=1S/C31H31N5O4/c1-31(2,3)26-18-25(28(35-26)29(38)40-4)34-30(39)33-24-10-9-21(22-7-5-6-8-23(22)24)19-13-16-36(27(37)17-19)20-11-14-32-15-12-20/h5-12,14-15,17-18,35H,13,16H2,1-4H3,(H2,33,34,39). The summed E-state index contributed by atoms with van der Waals surface area (Å²) in [5, 5.41) is 7.46. The fourth-order valence-corrected chi connectivity index (χ4v) is 4.82. The first kappa shape index (κ1) is 26.7. The van der Waals surface area contributed by atoms with Gasteiger partial charge in [0, 0.05) is 47.2 Å². The van der Waals surface area contributed by atoms with Crippen molar-refractivity contribution in [2.24, 2.45) is 0 Å². The van der Waals surface area contributed by atoms with Crippen LogP contribution in [0.4, 0.5) is 21.9 Å². The van der Waals surface area contributed by atoms with Gasteiger partial charge in [-0.2, -0.15) is 0 Å². The zero-order valence-electron chi connectivity index (χ0n) is 22.9. The van der Waals surface area contributed by atoms with Gasteiger partial charge in [0.05, 0.1) is 18.5 Å². The molecule has 0 radical (unpaired) electrons. The number of amides is 3. The Bertz CT molecular complexity index is 1630. The van der Waals surface area contributed by atoms with Crippen LogP contribution in [0.2, 0.25) is 0 Å². The highest BCUT2D eigenvalue weighted by molar-refractivity contribution is 6.13. The van der Waals surface area contributed by atoms with Gasteiger partial charge in [-0.3, -0.25) is 9.78 Å². The lowest BCUT2D eigenvalue weighted by molar-refractivity contribution is -0.114. The van der Waals surface area contributed by atoms with Crippen LogP contribution < -0.4 is 15.5 Å². The van der Waals surface area contributed by atoms with Gasteiger partial charge in [-0.05, 0) is 47.2 Å². The maximum atomic E-state index is 13.1. The number of nitrogens with one attached hydrogen (secondary N) is 3. The Morgan fingerprint density at radius 1 is 0.975 bits per heavy atom. The monoisotopic (exact) mass is 537 g/mol. The number of H-pyrrole nitrogens is 1. The molecule has 0 bridgehead atoms. The minimum absolute atomic E-state index is 0.0827. The lowest BCUT2D eigenvalue weighted by Crippen LogP contribution is -2.33. The zero-order chi connectivity index (χ0) is 28.4. The second-order valence-corrected chi connectivity index (χ2v) is 10.6. The number of carbonyl (C=O) groups excluding carboxylic acids is 3. The topological polar surface area (TPSA) is 116 Å². The molecule has 1 aliphatic rings. The lowest BCUT2D eigenvalue weighted by atomic mass is 9.92. The summed E-state index contributed by atoms with van der Waals surface area (Å²) in [7, 11) is 1.30. The van der Waals surface area contributed by atoms with Crippen molar-refractivity contribution >= 4 is 51.3 Å². The molecule has 5 rings (SSSR count). The van der Waals surface area contributed by atoms with Crippen LogP contribution in [-0.2, 0) is 14.9 Å². The molecule has 4 aromatic rings. The molecule has 9 nitrogen and oxygen atoms in total. The molecule has 0 saturated heterocycles. The highest BCUT2D eigenvalue weighted by atomic mass is 16.5. The highest BCUT2D eigenvalue weighted by Crippen LogP contribution is 2.35. The van der Waals surface area contributed by atoms with Crippen molar-refractivity contribution in [1.82, 2.24) is 9.97 Å². The Morgan fingerprint density at radius 3 is 2.35 bits per heavy atom. The number of benzene rings is 2. The van der Waals surface area contributed by atoms with Crippen molar-refractivity contribution in [3.05, 3.63) is 90.0 Å². The summed E-state index contributed by atoms with van der Waals surface area (Å²) in [6.45, 7) is 6.57. The fraction of sp³-hybridized carbons (Fsp3) is 0.226. The summed E-state index contributed by atoms with van der Waals surface area (Å²) < 4.78 is 4.89. The van der Waals surface area contributed by atoms with Crippen molar-refractivity contribution < 1.29 is 19.1 Å². The normalized spacial score (nSPS) is 13.7. The van der Waals surface area contributed by atoms with Gasteiger partial charge in [0.1, 0.15) is 5.69 Å². The molecule has 2 aromatic heterocycles. The quantitative estimate of drug-likeness (QED) is 0.266. The Morgan fingerprint density at radius 2 is 1.68 bits per heavy atom. The summed E-state index contributed by atoms with van der Waals surface area (Å²) in [5.74, 6) is -0.654. The third kappa shape index (κ3) is 5.31. The SMILES string of the molecule is COC(=O)c1[nH]c(C(C)(C)C)cc1NC(=O)Nc1ccc(C2=CC(=O)N(c3ccncc3)CC2)c2ccccc12. The van der Waals surface area contributed by atoms with Gasteiger partial charge in [0.15, 0.2) is 0 Å². The van der Waals surface area contributed by atoms with E-state index >= 15 is 0 Å². The van der Waals surface area contributed by atoms with Gasteiger partial charge in [0.2, 0.25) is 0 Å². The third-order valence-corrected chi connectivity index (χ3v) is 6.92. The molecule has 1 aliphatic heterocycles. The van der Waals surface area contributed by atoms with Crippen LogP contribution in [0, 0.1) is 0 Å². The number of esters is 1. The summed E-state index contributed by atoms with van der Waals surface area (Å²) in [6, 6.07) is 16.4. The van der Waals surface area contributed by atoms with Crippen LogP contribution >= 0.6 is 0 Å². The number of fused-ring (bicyclic) bond motifs is 1. The van der Waals surface area contributed by atoms with Crippen LogP contribution in [0.3, 0.4) is 0 Å². The number of pyridine rings is 1. The van der Waals surface area contributed by atoms with E-state index in [-0.39, 0.29) is 17.0 Å². The first-order valence-corrected chi connectivity index (χ1v) is 13.0. The minimum Gasteiger partial charge on any atom is -0.464 e. The Kier molecular flexibility index (Phi) is 7.13. The van der Waals surface area contributed by atoms with Gasteiger partial charge in [0.25, 0.3) is 5.91 Å². The van der Waals surface area contributed by atoms with Crippen LogP contribution in [0.25, 0.3) is 16.3 Å². The van der Waals surface area contributed by atoms with Gasteiger partial charge >= 0.3 is 12.0 Å². The molecule has 3 N–H and O–H groups in total. The van der Waals surface area contributed by atoms with Gasteiger partial charge < -0.3 is 25.3 Å². The Hall–Kier alpha value is -4.92. The predicted molar refractivity (Wildman–Crippen MR) is 157 cm³/mol. The minimum atomic E-state index is -0.571. The molecule has 0 aliphatic carbocycles. The Balaban J connectivity index is 1.41. The average molecular weight is 538 g/mol. The Labute approximate surface area is 232 Å². The van der Waals surface area contributed by atoms with Gasteiger partial charge in [-0.25, -0.2) is 9.59 Å². The van der Waals surface area contributed by atoms with E-state index in [1.165, 1.54) is 7.11 Å². The number of carbonyl (C=O) groups is 3. The van der Waals surface area contributed by atoms with E-state index in [0.717, 1.165) is 33.3 Å². The molecule has 204 valence electrons. The van der Waals surface area contributed by atoms with Crippen LogP contribution in [0.1, 0.15) is 48.9 Å². The van der Waals surface area contributed by atoms with Crippen molar-refractivity contribution in [3.63, 3.8) is 0 Å². The number of hydrogen-bond donors (Lipinski definition) is 3. The molecular formula is C31H31N5O4. The van der Waals surface area contributed by atoms with E-state index < -0.39 is 12.0 Å². The smallest absolute Gasteiger partial charge is 0.356 e. The first-order valence-electron chi connectivity index (χ1n) is 13.0. The van der Waals surface area contributed by atoms with E-state index in [1.807, 2.05) is 69.3 Å². The molecule has 3 heterocycles. The van der Waals surface area contributed by atoms with E-state index in [9.17, 15) is 14.4 Å². The first-order chi connectivity index (χ1) is 19.2. The number of hydrogen-bond acceptors (Lipinski definition) is 5. The van der Waals surface area contributed by atoms with Crippen molar-refractivity contribution in [2.45, 2.75) is 32.6 Å². The molecule has 0 fully saturated rings. The molecular weight excluding hydrogens is 506 g/mol. The number of ether oxygens (including phenoxy) is 1. The zero-order valence-corrected chi connectivity index (χ0v) is 22.9. The molecule has 3 amide bonds. The fourth-order valence-electron chi connectivity index (χ4n) is 4.82. The summed E-state index contributed by atoms with van der Waals surface area (Å²) in [4.78, 5) is 47.3. The number of nitrogens with zero attached hydrogens (tertiary/aromatic N) is 2. The van der Waals surface area contributed by atoms with Crippen molar-refractivity contribution in [2.75, 3.05) is 29.2 Å². The highest BCUT2D eigenvalue weighted by Gasteiger charge is 2.25. The second-order valence-electron chi connectivity index (χ2n) is 10.6. The van der Waals surface area contributed by atoms with Gasteiger partial charge in [-0.15, -0.1) is 0 Å². The molecule has 2 aromatic carbocycles. The molecule has 0 atom stereocenters. The number of methoxy groups -OCH3 is 1. The van der Waals surface area contributed by atoms with Gasteiger partial charge in [-0.1, -0.05) is 51.1 Å². The molecule has 0 saturated carbocycles. The summed E-state index contributed by atoms with van der Waals surface area (Å²) >= 11 is 0. The summed E-state index contributed by atoms with van der Waals surface area (Å²) in [6.07, 6.45) is 5.71. The maximum Gasteiger partial charge on any atom is 0.356 e. The number of urea groups is 1. The predicted octanol–water partition coefficient (Wildman–Crippen LogP) is 6.11. The van der Waals surface area contributed by atoms with Crippen LogP contribution in [-0.4, -0.2) is 41.5 Å². The maximum absolute atomic E-state index is 13.1. The van der Waals surface area contributed by atoms with E-state index in [2.05, 4.69) is 20.6 Å². The number of anilines is 3. The molecule has 9 heteroatoms. The van der Waals surface area contributed by atoms with Crippen molar-refractivity contribution in [1.29, 1.82) is 0 Å². The molecule has 0 spiro atoms. The summed E-state index contributed by atoms with van der Waals surface area (Å²) in [5.41, 5.74) is 4.33. The van der Waals surface area contributed by atoms with E-state index in [1.54, 1.807) is 29.4 Å². The second kappa shape index (κ2) is 10.7. The third-order valence-electron chi connectivity index (χ3n) is 6.92. The lowest BCUT2D eigenvalue weighted by Gasteiger charge is -2.27. The van der Waals surface area contributed by atoms with Crippen LogP contribution in [0.15, 0.2) is 73.1 Å². The average Bonchev–Trinajstić information content (AvgIpc) is 3.37. The number of aromatic nitrogens is 2. The largest absolute Gasteiger partial charge is 0.464 e. The molecule has 0 unspecified atom stereocenters. The van der Waals surface area contributed by atoms with Crippen molar-refractivity contribution in [3.8, 4) is 0 Å². The van der Waals surface area contributed by atoms with E-state index in [4.69, 9.17) is 4.74 Å². The van der Waals surface area contributed by atoms with E-state index in [0.29, 0.717) is 24.3 Å².